The van der Waals surface area contributed by atoms with Gasteiger partial charge in [0.15, 0.2) is 0 Å². The van der Waals surface area contributed by atoms with Gasteiger partial charge in [0, 0.05) is 30.9 Å². The van der Waals surface area contributed by atoms with Crippen molar-refractivity contribution < 1.29 is 0 Å². The molecule has 0 atom stereocenters. The van der Waals surface area contributed by atoms with Gasteiger partial charge in [-0.05, 0) is 13.1 Å². The fraction of sp³-hybridized carbons (Fsp3) is 0.769. The summed E-state index contributed by atoms with van der Waals surface area (Å²) in [7, 11) is 0. The van der Waals surface area contributed by atoms with Crippen LogP contribution in [0.15, 0.2) is 5.38 Å². The van der Waals surface area contributed by atoms with Crippen molar-refractivity contribution in [1.82, 2.24) is 15.2 Å². The Balaban J connectivity index is 2.35. The van der Waals surface area contributed by atoms with Gasteiger partial charge in [0.05, 0.1) is 10.7 Å². The van der Waals surface area contributed by atoms with E-state index in [1.54, 1.807) is 11.3 Å². The van der Waals surface area contributed by atoms with E-state index in [0.29, 0.717) is 6.04 Å². The third-order valence-electron chi connectivity index (χ3n) is 2.83. The number of hydrogen-bond donors (Lipinski definition) is 1. The molecule has 1 rings (SSSR count). The molecule has 0 saturated heterocycles. The Hall–Kier alpha value is -0.450. The highest BCUT2D eigenvalue weighted by Gasteiger charge is 2.05. The predicted octanol–water partition coefficient (Wildman–Crippen LogP) is 2.53. The predicted molar refractivity (Wildman–Crippen MR) is 75.6 cm³/mol. The van der Waals surface area contributed by atoms with Crippen LogP contribution in [0.1, 0.15) is 38.4 Å². The van der Waals surface area contributed by atoms with Gasteiger partial charge in [0.1, 0.15) is 0 Å². The molecule has 17 heavy (non-hydrogen) atoms. The molecule has 0 unspecified atom stereocenters. The first-order valence-electron chi connectivity index (χ1n) is 6.54. The average Bonchev–Trinajstić information content (AvgIpc) is 2.76. The summed E-state index contributed by atoms with van der Waals surface area (Å²) >= 11 is 1.79. The summed E-state index contributed by atoms with van der Waals surface area (Å²) in [6.07, 6.45) is 1.08. The summed E-state index contributed by atoms with van der Waals surface area (Å²) in [5.41, 5.74) is 1.18. The number of hydrogen-bond acceptors (Lipinski definition) is 4. The molecular weight excluding hydrogens is 230 g/mol. The third kappa shape index (κ3) is 5.61. The Morgan fingerprint density at radius 2 is 2.06 bits per heavy atom. The number of nitrogens with one attached hydrogen (secondary N) is 1. The van der Waals surface area contributed by atoms with E-state index in [0.717, 1.165) is 32.6 Å². The molecule has 1 N–H and O–H groups in total. The highest BCUT2D eigenvalue weighted by atomic mass is 32.1. The van der Waals surface area contributed by atoms with E-state index >= 15 is 0 Å². The van der Waals surface area contributed by atoms with Gasteiger partial charge >= 0.3 is 0 Å². The van der Waals surface area contributed by atoms with Gasteiger partial charge in [-0.25, -0.2) is 4.98 Å². The molecule has 0 radical (unpaired) electrons. The van der Waals surface area contributed by atoms with Gasteiger partial charge < -0.3 is 10.2 Å². The molecule has 1 aromatic rings. The summed E-state index contributed by atoms with van der Waals surface area (Å²) < 4.78 is 0. The minimum Gasteiger partial charge on any atom is -0.309 e. The molecule has 98 valence electrons. The van der Waals surface area contributed by atoms with Crippen LogP contribution in [0.25, 0.3) is 0 Å². The van der Waals surface area contributed by atoms with E-state index in [1.807, 2.05) is 0 Å². The van der Waals surface area contributed by atoms with E-state index < -0.39 is 0 Å². The summed E-state index contributed by atoms with van der Waals surface area (Å²) in [6, 6.07) is 0.524. The van der Waals surface area contributed by atoms with E-state index in [9.17, 15) is 0 Å². The van der Waals surface area contributed by atoms with E-state index in [1.165, 1.54) is 10.7 Å². The average molecular weight is 255 g/mol. The smallest absolute Gasteiger partial charge is 0.0941 e. The van der Waals surface area contributed by atoms with Crippen molar-refractivity contribution in [3.05, 3.63) is 16.1 Å². The lowest BCUT2D eigenvalue weighted by molar-refractivity contribution is 0.308. The van der Waals surface area contributed by atoms with Gasteiger partial charge in [-0.2, -0.15) is 0 Å². The van der Waals surface area contributed by atoms with Crippen LogP contribution in [0.2, 0.25) is 0 Å². The van der Waals surface area contributed by atoms with Crippen molar-refractivity contribution in [2.45, 2.75) is 46.7 Å². The van der Waals surface area contributed by atoms with Gasteiger partial charge in [0.2, 0.25) is 0 Å². The highest BCUT2D eigenvalue weighted by Crippen LogP contribution is 2.11. The molecule has 4 heteroatoms. The Morgan fingerprint density at radius 1 is 1.35 bits per heavy atom. The Kier molecular flexibility index (Phi) is 6.70. The number of thiazole rings is 1. The van der Waals surface area contributed by atoms with Crippen molar-refractivity contribution in [3.8, 4) is 0 Å². The van der Waals surface area contributed by atoms with Crippen molar-refractivity contribution in [3.63, 3.8) is 0 Å². The van der Waals surface area contributed by atoms with Crippen LogP contribution in [0.4, 0.5) is 0 Å². The summed E-state index contributed by atoms with van der Waals surface area (Å²) in [6.45, 7) is 13.0. The third-order valence-corrected chi connectivity index (χ3v) is 3.78. The summed E-state index contributed by atoms with van der Waals surface area (Å²) in [4.78, 5) is 7.09. The molecular formula is C13H25N3S. The molecule has 0 spiro atoms. The monoisotopic (exact) mass is 255 g/mol. The zero-order valence-corrected chi connectivity index (χ0v) is 12.3. The lowest BCUT2D eigenvalue weighted by atomic mass is 10.3. The Labute approximate surface area is 109 Å². The molecule has 0 saturated carbocycles. The molecule has 0 aromatic carbocycles. The van der Waals surface area contributed by atoms with Crippen molar-refractivity contribution >= 4 is 11.3 Å². The van der Waals surface area contributed by atoms with Crippen LogP contribution in [0, 0.1) is 0 Å². The fourth-order valence-electron chi connectivity index (χ4n) is 1.65. The molecule has 3 nitrogen and oxygen atoms in total. The van der Waals surface area contributed by atoms with Crippen LogP contribution in [0.5, 0.6) is 0 Å². The van der Waals surface area contributed by atoms with Crippen LogP contribution < -0.4 is 5.32 Å². The normalized spacial score (nSPS) is 11.6. The largest absolute Gasteiger partial charge is 0.309 e. The maximum atomic E-state index is 4.65. The number of likely N-dealkylation sites (N-methyl/N-ethyl adjacent to an activating group) is 1. The Morgan fingerprint density at radius 3 is 2.65 bits per heavy atom. The standard InChI is InChI=1S/C13H25N3S/c1-5-16(6-2)8-7-13-15-12(10-17-13)9-14-11(3)4/h10-11,14H,5-9H2,1-4H3. The first-order valence-corrected chi connectivity index (χ1v) is 7.42. The molecule has 0 bridgehead atoms. The van der Waals surface area contributed by atoms with Crippen molar-refractivity contribution in [1.29, 1.82) is 0 Å². The second-order valence-corrected chi connectivity index (χ2v) is 5.49. The number of aromatic nitrogens is 1. The van der Waals surface area contributed by atoms with Crippen molar-refractivity contribution in [2.75, 3.05) is 19.6 Å². The molecule has 0 aliphatic carbocycles. The SMILES string of the molecule is CCN(CC)CCc1nc(CNC(C)C)cs1. The topological polar surface area (TPSA) is 28.2 Å². The van der Waals surface area contributed by atoms with Gasteiger partial charge in [0.25, 0.3) is 0 Å². The second kappa shape index (κ2) is 7.80. The Bertz CT molecular complexity index is 305. The first kappa shape index (κ1) is 14.6. The second-order valence-electron chi connectivity index (χ2n) is 4.55. The maximum absolute atomic E-state index is 4.65. The quantitative estimate of drug-likeness (QED) is 0.773. The van der Waals surface area contributed by atoms with Crippen molar-refractivity contribution in [2.24, 2.45) is 0 Å². The molecule has 0 aliphatic rings. The molecule has 0 fully saturated rings. The summed E-state index contributed by atoms with van der Waals surface area (Å²) in [5, 5.41) is 6.83. The number of nitrogens with zero attached hydrogens (tertiary/aromatic N) is 2. The van der Waals surface area contributed by atoms with E-state index in [-0.39, 0.29) is 0 Å². The minimum atomic E-state index is 0.524. The van der Waals surface area contributed by atoms with Gasteiger partial charge in [-0.1, -0.05) is 27.7 Å². The highest BCUT2D eigenvalue weighted by molar-refractivity contribution is 7.09. The van der Waals surface area contributed by atoms with E-state index in [2.05, 4.69) is 48.3 Å². The van der Waals surface area contributed by atoms with Crippen LogP contribution in [-0.4, -0.2) is 35.6 Å². The molecule has 1 aromatic heterocycles. The minimum absolute atomic E-state index is 0.524. The zero-order valence-electron chi connectivity index (χ0n) is 11.5. The summed E-state index contributed by atoms with van der Waals surface area (Å²) in [5.74, 6) is 0. The number of rotatable bonds is 8. The zero-order chi connectivity index (χ0) is 12.7. The van der Waals surface area contributed by atoms with Crippen LogP contribution >= 0.6 is 11.3 Å². The van der Waals surface area contributed by atoms with Gasteiger partial charge in [-0.15, -0.1) is 11.3 Å². The molecule has 0 aliphatic heterocycles. The van der Waals surface area contributed by atoms with Gasteiger partial charge in [-0.3, -0.25) is 0 Å². The first-order chi connectivity index (χ1) is 8.15. The molecule has 0 amide bonds. The lowest BCUT2D eigenvalue weighted by Gasteiger charge is -2.16. The van der Waals surface area contributed by atoms with E-state index in [4.69, 9.17) is 0 Å². The fourth-order valence-corrected chi connectivity index (χ4v) is 2.43. The lowest BCUT2D eigenvalue weighted by Crippen LogP contribution is -2.25. The molecule has 1 heterocycles. The van der Waals surface area contributed by atoms with Crippen LogP contribution in [0.3, 0.4) is 0 Å². The van der Waals surface area contributed by atoms with Crippen LogP contribution in [-0.2, 0) is 13.0 Å². The maximum Gasteiger partial charge on any atom is 0.0941 e.